The summed E-state index contributed by atoms with van der Waals surface area (Å²) in [5.74, 6) is 1.28. The molecule has 0 unspecified atom stereocenters. The standard InChI is InChI=1S/C12H18N2/c1-6-7-11-13-10(5)9(4)12(14-11)8(2)3/h6-8H,1-5H3. The molecule has 1 heterocycles. The third-order valence-electron chi connectivity index (χ3n) is 2.31. The maximum atomic E-state index is 4.52. The number of allylic oxidation sites excluding steroid dienone is 1. The first-order valence-corrected chi connectivity index (χ1v) is 5.04. The fourth-order valence-electron chi connectivity index (χ4n) is 1.46. The van der Waals surface area contributed by atoms with Gasteiger partial charge in [0.05, 0.1) is 5.69 Å². The zero-order valence-electron chi connectivity index (χ0n) is 9.63. The molecule has 0 atom stereocenters. The van der Waals surface area contributed by atoms with Crippen LogP contribution in [-0.2, 0) is 0 Å². The van der Waals surface area contributed by atoms with E-state index in [2.05, 4.69) is 30.7 Å². The Morgan fingerprint density at radius 1 is 1.14 bits per heavy atom. The molecular weight excluding hydrogens is 172 g/mol. The summed E-state index contributed by atoms with van der Waals surface area (Å²) < 4.78 is 0. The highest BCUT2D eigenvalue weighted by molar-refractivity contribution is 5.41. The van der Waals surface area contributed by atoms with E-state index < -0.39 is 0 Å². The van der Waals surface area contributed by atoms with Crippen LogP contribution < -0.4 is 0 Å². The van der Waals surface area contributed by atoms with Gasteiger partial charge in [0.15, 0.2) is 5.82 Å². The minimum absolute atomic E-state index is 0.459. The molecule has 0 spiro atoms. The van der Waals surface area contributed by atoms with E-state index >= 15 is 0 Å². The molecule has 0 radical (unpaired) electrons. The molecule has 0 amide bonds. The van der Waals surface area contributed by atoms with Crippen molar-refractivity contribution in [2.24, 2.45) is 0 Å². The lowest BCUT2D eigenvalue weighted by Crippen LogP contribution is -2.04. The first-order chi connectivity index (χ1) is 6.56. The van der Waals surface area contributed by atoms with Gasteiger partial charge in [-0.25, -0.2) is 9.97 Å². The van der Waals surface area contributed by atoms with E-state index in [9.17, 15) is 0 Å². The maximum Gasteiger partial charge on any atom is 0.152 e. The Morgan fingerprint density at radius 3 is 2.29 bits per heavy atom. The molecule has 2 heteroatoms. The predicted octanol–water partition coefficient (Wildman–Crippen LogP) is 3.25. The Morgan fingerprint density at radius 2 is 1.79 bits per heavy atom. The van der Waals surface area contributed by atoms with E-state index in [0.717, 1.165) is 17.2 Å². The number of rotatable bonds is 2. The van der Waals surface area contributed by atoms with E-state index in [1.807, 2.05) is 26.0 Å². The monoisotopic (exact) mass is 190 g/mol. The van der Waals surface area contributed by atoms with Crippen molar-refractivity contribution in [1.29, 1.82) is 0 Å². The van der Waals surface area contributed by atoms with Crippen molar-refractivity contribution in [3.05, 3.63) is 28.9 Å². The Labute approximate surface area is 86.1 Å². The third-order valence-corrected chi connectivity index (χ3v) is 2.31. The lowest BCUT2D eigenvalue weighted by molar-refractivity contribution is 0.791. The van der Waals surface area contributed by atoms with Crippen LogP contribution in [0.2, 0.25) is 0 Å². The molecule has 0 aliphatic rings. The SMILES string of the molecule is CC=Cc1nc(C)c(C)c(C(C)C)n1. The summed E-state index contributed by atoms with van der Waals surface area (Å²) in [6, 6.07) is 0. The number of nitrogens with zero attached hydrogens (tertiary/aromatic N) is 2. The minimum Gasteiger partial charge on any atom is -0.234 e. The van der Waals surface area contributed by atoms with Crippen molar-refractivity contribution < 1.29 is 0 Å². The largest absolute Gasteiger partial charge is 0.234 e. The second kappa shape index (κ2) is 4.36. The van der Waals surface area contributed by atoms with E-state index in [4.69, 9.17) is 0 Å². The quantitative estimate of drug-likeness (QED) is 0.715. The van der Waals surface area contributed by atoms with Gasteiger partial charge in [-0.1, -0.05) is 19.9 Å². The summed E-state index contributed by atoms with van der Waals surface area (Å²) in [5.41, 5.74) is 3.45. The van der Waals surface area contributed by atoms with Crippen molar-refractivity contribution >= 4 is 6.08 Å². The Balaban J connectivity index is 3.28. The van der Waals surface area contributed by atoms with E-state index in [-0.39, 0.29) is 0 Å². The first-order valence-electron chi connectivity index (χ1n) is 5.04. The molecule has 0 aromatic carbocycles. The van der Waals surface area contributed by atoms with Crippen molar-refractivity contribution in [3.8, 4) is 0 Å². The molecule has 1 aromatic heterocycles. The van der Waals surface area contributed by atoms with Gasteiger partial charge in [-0.15, -0.1) is 0 Å². The summed E-state index contributed by atoms with van der Waals surface area (Å²) in [6.45, 7) is 10.4. The summed E-state index contributed by atoms with van der Waals surface area (Å²) in [6.07, 6.45) is 3.91. The lowest BCUT2D eigenvalue weighted by atomic mass is 10.0. The molecule has 76 valence electrons. The second-order valence-electron chi connectivity index (χ2n) is 3.83. The molecule has 0 aliphatic carbocycles. The summed E-state index contributed by atoms with van der Waals surface area (Å²) >= 11 is 0. The van der Waals surface area contributed by atoms with Gasteiger partial charge in [0.2, 0.25) is 0 Å². The van der Waals surface area contributed by atoms with Gasteiger partial charge in [-0.05, 0) is 38.3 Å². The molecule has 0 saturated carbocycles. The van der Waals surface area contributed by atoms with E-state index in [0.29, 0.717) is 5.92 Å². The molecule has 0 bridgehead atoms. The first kappa shape index (κ1) is 10.9. The predicted molar refractivity (Wildman–Crippen MR) is 60.3 cm³/mol. The molecule has 0 fully saturated rings. The van der Waals surface area contributed by atoms with Crippen molar-refractivity contribution in [2.45, 2.75) is 40.5 Å². The topological polar surface area (TPSA) is 25.8 Å². The number of aromatic nitrogens is 2. The number of hydrogen-bond donors (Lipinski definition) is 0. The van der Waals surface area contributed by atoms with Crippen LogP contribution >= 0.6 is 0 Å². The van der Waals surface area contributed by atoms with Gasteiger partial charge < -0.3 is 0 Å². The minimum atomic E-state index is 0.459. The Bertz CT molecular complexity index is 352. The molecule has 0 saturated heterocycles. The molecule has 2 nitrogen and oxygen atoms in total. The maximum absolute atomic E-state index is 4.52. The normalized spacial score (nSPS) is 11.6. The number of aryl methyl sites for hydroxylation is 1. The average Bonchev–Trinajstić information content (AvgIpc) is 2.11. The van der Waals surface area contributed by atoms with Crippen LogP contribution in [-0.4, -0.2) is 9.97 Å². The summed E-state index contributed by atoms with van der Waals surface area (Å²) in [7, 11) is 0. The third kappa shape index (κ3) is 2.19. The highest BCUT2D eigenvalue weighted by atomic mass is 14.9. The van der Waals surface area contributed by atoms with Crippen LogP contribution in [0.1, 0.15) is 49.5 Å². The van der Waals surface area contributed by atoms with Gasteiger partial charge >= 0.3 is 0 Å². The van der Waals surface area contributed by atoms with E-state index in [1.165, 1.54) is 5.56 Å². The van der Waals surface area contributed by atoms with Gasteiger partial charge in [0, 0.05) is 5.69 Å². The van der Waals surface area contributed by atoms with Gasteiger partial charge in [0.1, 0.15) is 0 Å². The van der Waals surface area contributed by atoms with Crippen molar-refractivity contribution in [2.75, 3.05) is 0 Å². The molecule has 0 aliphatic heterocycles. The van der Waals surface area contributed by atoms with Gasteiger partial charge in [-0.2, -0.15) is 0 Å². The Hall–Kier alpha value is -1.18. The van der Waals surface area contributed by atoms with Gasteiger partial charge in [-0.3, -0.25) is 0 Å². The number of hydrogen-bond acceptors (Lipinski definition) is 2. The molecule has 14 heavy (non-hydrogen) atoms. The highest BCUT2D eigenvalue weighted by Gasteiger charge is 2.09. The average molecular weight is 190 g/mol. The van der Waals surface area contributed by atoms with E-state index in [1.54, 1.807) is 0 Å². The molecular formula is C12H18N2. The lowest BCUT2D eigenvalue weighted by Gasteiger charge is -2.11. The van der Waals surface area contributed by atoms with Crippen LogP contribution in [0, 0.1) is 13.8 Å². The van der Waals surface area contributed by atoms with Crippen LogP contribution in [0.3, 0.4) is 0 Å². The molecule has 1 rings (SSSR count). The van der Waals surface area contributed by atoms with Crippen molar-refractivity contribution in [1.82, 2.24) is 9.97 Å². The fourth-order valence-corrected chi connectivity index (χ4v) is 1.46. The van der Waals surface area contributed by atoms with Crippen molar-refractivity contribution in [3.63, 3.8) is 0 Å². The van der Waals surface area contributed by atoms with Gasteiger partial charge in [0.25, 0.3) is 0 Å². The second-order valence-corrected chi connectivity index (χ2v) is 3.83. The van der Waals surface area contributed by atoms with Crippen LogP contribution in [0.5, 0.6) is 0 Å². The zero-order valence-corrected chi connectivity index (χ0v) is 9.63. The summed E-state index contributed by atoms with van der Waals surface area (Å²) in [4.78, 5) is 8.93. The molecule has 1 aromatic rings. The van der Waals surface area contributed by atoms with Crippen LogP contribution in [0.15, 0.2) is 6.08 Å². The van der Waals surface area contributed by atoms with Crippen LogP contribution in [0.25, 0.3) is 6.08 Å². The van der Waals surface area contributed by atoms with Crippen LogP contribution in [0.4, 0.5) is 0 Å². The highest BCUT2D eigenvalue weighted by Crippen LogP contribution is 2.18. The Kier molecular flexibility index (Phi) is 3.39. The summed E-state index contributed by atoms with van der Waals surface area (Å²) in [5, 5.41) is 0. The molecule has 0 N–H and O–H groups in total. The zero-order chi connectivity index (χ0) is 10.7. The fraction of sp³-hybridized carbons (Fsp3) is 0.500. The smallest absolute Gasteiger partial charge is 0.152 e.